The standard InChI is InChI=1S/C17H24BrN3O3/c1-10(22)9-21(16(23)24-17(3,4)5)11(2)15-13-7-6-12(18)8-14(13)19-20-15/h6-8,10-11,22H,9H2,1-5H3,(H,19,20)/t10-,11?/m0/s1. The topological polar surface area (TPSA) is 78.5 Å². The molecule has 1 amide bonds. The highest BCUT2D eigenvalue weighted by atomic mass is 79.9. The molecule has 2 atom stereocenters. The van der Waals surface area contributed by atoms with E-state index >= 15 is 0 Å². The zero-order chi connectivity index (χ0) is 18.1. The first-order valence-corrected chi connectivity index (χ1v) is 8.69. The van der Waals surface area contributed by atoms with Gasteiger partial charge in [0.1, 0.15) is 5.60 Å². The van der Waals surface area contributed by atoms with E-state index < -0.39 is 17.8 Å². The van der Waals surface area contributed by atoms with Crippen LogP contribution in [-0.4, -0.2) is 44.5 Å². The molecular weight excluding hydrogens is 374 g/mol. The molecule has 0 saturated heterocycles. The Bertz CT molecular complexity index is 721. The van der Waals surface area contributed by atoms with Gasteiger partial charge in [-0.15, -0.1) is 0 Å². The Morgan fingerprint density at radius 3 is 2.67 bits per heavy atom. The van der Waals surface area contributed by atoms with E-state index in [9.17, 15) is 9.90 Å². The minimum atomic E-state index is -0.664. The maximum atomic E-state index is 12.6. The van der Waals surface area contributed by atoms with E-state index in [1.165, 1.54) is 4.90 Å². The normalized spacial score (nSPS) is 14.5. The highest BCUT2D eigenvalue weighted by Gasteiger charge is 2.29. The van der Waals surface area contributed by atoms with Gasteiger partial charge in [-0.25, -0.2) is 4.79 Å². The highest BCUT2D eigenvalue weighted by Crippen LogP contribution is 2.29. The van der Waals surface area contributed by atoms with Crippen LogP contribution in [0.4, 0.5) is 4.79 Å². The minimum Gasteiger partial charge on any atom is -0.444 e. The molecule has 6 nitrogen and oxygen atoms in total. The third-order valence-corrected chi connectivity index (χ3v) is 4.01. The predicted octanol–water partition coefficient (Wildman–Crippen LogP) is 4.00. The van der Waals surface area contributed by atoms with Gasteiger partial charge in [-0.3, -0.25) is 10.00 Å². The van der Waals surface area contributed by atoms with Crippen molar-refractivity contribution in [2.45, 2.75) is 52.4 Å². The first-order chi connectivity index (χ1) is 11.1. The average molecular weight is 398 g/mol. The van der Waals surface area contributed by atoms with Gasteiger partial charge in [0, 0.05) is 9.86 Å². The quantitative estimate of drug-likeness (QED) is 0.816. The number of aliphatic hydroxyl groups excluding tert-OH is 1. The summed E-state index contributed by atoms with van der Waals surface area (Å²) in [5.41, 5.74) is 1.02. The SMILES string of the molecule is CC(c1[nH]nc2cc(Br)ccc12)N(C[C@H](C)O)C(=O)OC(C)(C)C. The first kappa shape index (κ1) is 18.7. The molecule has 132 valence electrons. The molecule has 0 aliphatic carbocycles. The number of halogens is 1. The summed E-state index contributed by atoms with van der Waals surface area (Å²) in [4.78, 5) is 14.1. The molecule has 0 fully saturated rings. The fourth-order valence-corrected chi connectivity index (χ4v) is 2.83. The van der Waals surface area contributed by atoms with Gasteiger partial charge in [0.05, 0.1) is 29.9 Å². The number of carbonyl (C=O) groups is 1. The highest BCUT2D eigenvalue weighted by molar-refractivity contribution is 9.10. The molecule has 1 aromatic heterocycles. The van der Waals surface area contributed by atoms with Gasteiger partial charge < -0.3 is 9.84 Å². The van der Waals surface area contributed by atoms with Crippen LogP contribution in [0, 0.1) is 0 Å². The molecule has 1 heterocycles. The number of hydrogen-bond acceptors (Lipinski definition) is 4. The zero-order valence-corrected chi connectivity index (χ0v) is 16.2. The fourth-order valence-electron chi connectivity index (χ4n) is 2.48. The summed E-state index contributed by atoms with van der Waals surface area (Å²) in [7, 11) is 0. The van der Waals surface area contributed by atoms with Crippen LogP contribution in [0.5, 0.6) is 0 Å². The van der Waals surface area contributed by atoms with Crippen LogP contribution in [0.3, 0.4) is 0 Å². The number of H-pyrrole nitrogens is 1. The van der Waals surface area contributed by atoms with Gasteiger partial charge in [0.15, 0.2) is 0 Å². The van der Waals surface area contributed by atoms with Gasteiger partial charge in [-0.1, -0.05) is 15.9 Å². The molecule has 1 aromatic carbocycles. The van der Waals surface area contributed by atoms with E-state index in [2.05, 4.69) is 26.1 Å². The lowest BCUT2D eigenvalue weighted by molar-refractivity contribution is 0.00681. The largest absolute Gasteiger partial charge is 0.444 e. The molecule has 7 heteroatoms. The molecule has 24 heavy (non-hydrogen) atoms. The summed E-state index contributed by atoms with van der Waals surface area (Å²) in [6.07, 6.45) is -1.13. The average Bonchev–Trinajstić information content (AvgIpc) is 2.84. The van der Waals surface area contributed by atoms with Crippen molar-refractivity contribution in [1.82, 2.24) is 15.1 Å². The second kappa shape index (κ2) is 7.11. The Hall–Kier alpha value is -1.60. The number of nitrogens with zero attached hydrogens (tertiary/aromatic N) is 2. The van der Waals surface area contributed by atoms with Crippen molar-refractivity contribution < 1.29 is 14.6 Å². The molecule has 2 rings (SSSR count). The van der Waals surface area contributed by atoms with Crippen LogP contribution in [0.25, 0.3) is 10.9 Å². The van der Waals surface area contributed by atoms with Crippen LogP contribution in [0.1, 0.15) is 46.4 Å². The van der Waals surface area contributed by atoms with Crippen molar-refractivity contribution in [3.63, 3.8) is 0 Å². The Morgan fingerprint density at radius 1 is 1.42 bits per heavy atom. The maximum Gasteiger partial charge on any atom is 0.410 e. The number of aromatic nitrogens is 2. The van der Waals surface area contributed by atoms with Crippen LogP contribution in [-0.2, 0) is 4.74 Å². The van der Waals surface area contributed by atoms with Crippen molar-refractivity contribution in [1.29, 1.82) is 0 Å². The second-order valence-electron chi connectivity index (χ2n) is 6.96. The Labute approximate surface area is 150 Å². The van der Waals surface area contributed by atoms with E-state index in [0.717, 1.165) is 21.1 Å². The number of amides is 1. The third-order valence-electron chi connectivity index (χ3n) is 3.52. The zero-order valence-electron chi connectivity index (χ0n) is 14.6. The monoisotopic (exact) mass is 397 g/mol. The summed E-state index contributed by atoms with van der Waals surface area (Å²) in [5.74, 6) is 0. The number of benzene rings is 1. The fraction of sp³-hybridized carbons (Fsp3) is 0.529. The molecule has 0 radical (unpaired) electrons. The summed E-state index contributed by atoms with van der Waals surface area (Å²) >= 11 is 3.43. The van der Waals surface area contributed by atoms with E-state index in [1.54, 1.807) is 6.92 Å². The lowest BCUT2D eigenvalue weighted by atomic mass is 10.1. The summed E-state index contributed by atoms with van der Waals surface area (Å²) < 4.78 is 6.42. The maximum absolute atomic E-state index is 12.6. The summed E-state index contributed by atoms with van der Waals surface area (Å²) in [6, 6.07) is 5.47. The second-order valence-corrected chi connectivity index (χ2v) is 7.87. The van der Waals surface area contributed by atoms with Crippen molar-refractivity contribution in [3.05, 3.63) is 28.4 Å². The predicted molar refractivity (Wildman–Crippen MR) is 96.8 cm³/mol. The van der Waals surface area contributed by atoms with Crippen LogP contribution in [0.15, 0.2) is 22.7 Å². The van der Waals surface area contributed by atoms with Crippen LogP contribution < -0.4 is 0 Å². The molecule has 2 aromatic rings. The number of aliphatic hydroxyl groups is 1. The number of carbonyl (C=O) groups excluding carboxylic acids is 1. The number of fused-ring (bicyclic) bond motifs is 1. The van der Waals surface area contributed by atoms with Gasteiger partial charge in [-0.2, -0.15) is 5.10 Å². The first-order valence-electron chi connectivity index (χ1n) is 7.89. The number of ether oxygens (including phenoxy) is 1. The Balaban J connectivity index is 2.35. The van der Waals surface area contributed by atoms with Gasteiger partial charge in [0.2, 0.25) is 0 Å². The lowest BCUT2D eigenvalue weighted by Crippen LogP contribution is -2.42. The molecule has 2 N–H and O–H groups in total. The number of rotatable bonds is 4. The van der Waals surface area contributed by atoms with Crippen molar-refractivity contribution in [2.75, 3.05) is 6.54 Å². The van der Waals surface area contributed by atoms with E-state index in [4.69, 9.17) is 4.74 Å². The Morgan fingerprint density at radius 2 is 2.08 bits per heavy atom. The molecule has 0 bridgehead atoms. The van der Waals surface area contributed by atoms with Crippen LogP contribution in [0.2, 0.25) is 0 Å². The van der Waals surface area contributed by atoms with Crippen molar-refractivity contribution >= 4 is 32.9 Å². The summed E-state index contributed by atoms with van der Waals surface area (Å²) in [5, 5.41) is 18.0. The number of hydrogen-bond donors (Lipinski definition) is 2. The number of aromatic amines is 1. The Kier molecular flexibility index (Phi) is 5.55. The third kappa shape index (κ3) is 4.48. The van der Waals surface area contributed by atoms with Crippen molar-refractivity contribution in [2.24, 2.45) is 0 Å². The van der Waals surface area contributed by atoms with E-state index in [-0.39, 0.29) is 12.6 Å². The lowest BCUT2D eigenvalue weighted by Gasteiger charge is -2.32. The van der Waals surface area contributed by atoms with Crippen LogP contribution >= 0.6 is 15.9 Å². The number of nitrogens with one attached hydrogen (secondary N) is 1. The summed E-state index contributed by atoms with van der Waals surface area (Å²) in [6.45, 7) is 9.17. The smallest absolute Gasteiger partial charge is 0.410 e. The molecule has 0 aliphatic heterocycles. The van der Waals surface area contributed by atoms with Gasteiger partial charge in [-0.05, 0) is 52.8 Å². The van der Waals surface area contributed by atoms with E-state index in [1.807, 2.05) is 45.9 Å². The van der Waals surface area contributed by atoms with Gasteiger partial charge >= 0.3 is 6.09 Å². The molecular formula is C17H24BrN3O3. The minimum absolute atomic E-state index is 0.174. The van der Waals surface area contributed by atoms with Crippen molar-refractivity contribution in [3.8, 4) is 0 Å². The van der Waals surface area contributed by atoms with E-state index in [0.29, 0.717) is 0 Å². The molecule has 0 spiro atoms. The molecule has 0 saturated carbocycles. The molecule has 0 aliphatic rings. The molecule has 1 unspecified atom stereocenters. The van der Waals surface area contributed by atoms with Gasteiger partial charge in [0.25, 0.3) is 0 Å².